The molecule has 0 aromatic heterocycles. The van der Waals surface area contributed by atoms with E-state index in [-0.39, 0.29) is 0 Å². The van der Waals surface area contributed by atoms with E-state index in [0.717, 1.165) is 5.75 Å². The molecule has 0 aliphatic carbocycles. The molecule has 0 bridgehead atoms. The van der Waals surface area contributed by atoms with Gasteiger partial charge in [0.2, 0.25) is 0 Å². The normalized spacial score (nSPS) is 9.78. The van der Waals surface area contributed by atoms with Crippen molar-refractivity contribution in [3.05, 3.63) is 60.7 Å². The zero-order chi connectivity index (χ0) is 13.2. The van der Waals surface area contributed by atoms with E-state index in [0.29, 0.717) is 5.75 Å². The Morgan fingerprint density at radius 2 is 1.28 bits per heavy atom. The lowest BCUT2D eigenvalue weighted by Crippen LogP contribution is -1.78. The van der Waals surface area contributed by atoms with Crippen LogP contribution >= 0.6 is 8.03 Å². The van der Waals surface area contributed by atoms with Crippen LogP contribution in [-0.2, 0) is 4.57 Å². The fraction of sp³-hybridized carbons (Fsp3) is 0.143. The summed E-state index contributed by atoms with van der Waals surface area (Å²) in [5.41, 5.74) is 0. The second-order valence-electron chi connectivity index (χ2n) is 3.36. The quantitative estimate of drug-likeness (QED) is 0.781. The van der Waals surface area contributed by atoms with E-state index >= 15 is 0 Å². The molecule has 0 aliphatic heterocycles. The average molecular weight is 263 g/mol. The van der Waals surface area contributed by atoms with Gasteiger partial charge in [-0.25, -0.2) is 0 Å². The molecular weight excluding hydrogens is 247 g/mol. The lowest BCUT2D eigenvalue weighted by Gasteiger charge is -1.93. The van der Waals surface area contributed by atoms with Crippen LogP contribution in [0.3, 0.4) is 0 Å². The van der Waals surface area contributed by atoms with Crippen molar-refractivity contribution < 1.29 is 13.8 Å². The van der Waals surface area contributed by atoms with Crippen LogP contribution in [0.25, 0.3) is 0 Å². The van der Waals surface area contributed by atoms with Crippen LogP contribution in [0, 0.1) is 0 Å². The van der Waals surface area contributed by atoms with Gasteiger partial charge in [0.25, 0.3) is 0 Å². The van der Waals surface area contributed by atoms with E-state index in [4.69, 9.17) is 9.26 Å². The summed E-state index contributed by atoms with van der Waals surface area (Å²) in [5.74, 6) is 1.57. The van der Waals surface area contributed by atoms with Gasteiger partial charge >= 0.3 is 8.03 Å². The zero-order valence-corrected chi connectivity index (χ0v) is 11.3. The van der Waals surface area contributed by atoms with Gasteiger partial charge in [0.15, 0.2) is 12.4 Å². The summed E-state index contributed by atoms with van der Waals surface area (Å²) in [6.45, 7) is 1.53. The van der Waals surface area contributed by atoms with Gasteiger partial charge in [0.05, 0.1) is 7.11 Å². The molecule has 18 heavy (non-hydrogen) atoms. The fourth-order valence-corrected chi connectivity index (χ4v) is 1.60. The molecule has 0 N–H and O–H groups in total. The second kappa shape index (κ2) is 8.26. The van der Waals surface area contributed by atoms with Crippen molar-refractivity contribution in [2.75, 3.05) is 13.8 Å². The Morgan fingerprint density at radius 1 is 0.833 bits per heavy atom. The summed E-state index contributed by atoms with van der Waals surface area (Å²) in [6, 6.07) is 18.8. The van der Waals surface area contributed by atoms with Gasteiger partial charge in [-0.15, -0.1) is 0 Å². The lowest BCUT2D eigenvalue weighted by atomic mass is 10.3. The van der Waals surface area contributed by atoms with Crippen molar-refractivity contribution in [1.82, 2.24) is 0 Å². The first kappa shape index (κ1) is 14.2. The third kappa shape index (κ3) is 6.02. The van der Waals surface area contributed by atoms with Crippen LogP contribution in [0.5, 0.6) is 11.5 Å². The summed E-state index contributed by atoms with van der Waals surface area (Å²) in [7, 11) is 0.135. The van der Waals surface area contributed by atoms with Gasteiger partial charge in [-0.2, -0.15) is 0 Å². The number of hydrogen-bond donors (Lipinski definition) is 0. The van der Waals surface area contributed by atoms with Gasteiger partial charge in [-0.05, 0) is 28.8 Å². The van der Waals surface area contributed by atoms with Crippen molar-refractivity contribution in [3.63, 3.8) is 0 Å². The van der Waals surface area contributed by atoms with E-state index in [2.05, 4.69) is 0 Å². The average Bonchev–Trinajstić information content (AvgIpc) is 2.41. The molecule has 1 unspecified atom stereocenters. The highest BCUT2D eigenvalue weighted by Crippen LogP contribution is 2.21. The number of ether oxygens (including phenoxy) is 1. The fourth-order valence-electron chi connectivity index (χ4n) is 1.19. The van der Waals surface area contributed by atoms with Crippen LogP contribution in [0.4, 0.5) is 0 Å². The Balaban J connectivity index is 0.000000184. The number of benzene rings is 2. The zero-order valence-electron chi connectivity index (χ0n) is 10.4. The summed E-state index contributed by atoms with van der Waals surface area (Å²) < 4.78 is 20.4. The highest BCUT2D eigenvalue weighted by molar-refractivity contribution is 7.38. The van der Waals surface area contributed by atoms with E-state index in [1.165, 1.54) is 6.66 Å². The third-order valence-electron chi connectivity index (χ3n) is 1.96. The molecule has 0 heterocycles. The Bertz CT molecular complexity index is 457. The maximum absolute atomic E-state index is 10.5. The SMILES string of the molecule is COc1ccccc1.C[P+](=O)Oc1ccccc1. The molecule has 2 aromatic carbocycles. The monoisotopic (exact) mass is 263 g/mol. The predicted molar refractivity (Wildman–Crippen MR) is 73.6 cm³/mol. The molecular formula is C14H16O3P+. The van der Waals surface area contributed by atoms with Gasteiger partial charge < -0.3 is 4.74 Å². The van der Waals surface area contributed by atoms with E-state index in [1.807, 2.05) is 48.5 Å². The largest absolute Gasteiger partial charge is 0.552 e. The number of hydrogen-bond acceptors (Lipinski definition) is 3. The molecule has 0 saturated carbocycles. The van der Waals surface area contributed by atoms with Crippen molar-refractivity contribution in [1.29, 1.82) is 0 Å². The molecule has 0 radical (unpaired) electrons. The minimum atomic E-state index is -1.53. The van der Waals surface area contributed by atoms with Crippen molar-refractivity contribution >= 4 is 8.03 Å². The number of methoxy groups -OCH3 is 1. The summed E-state index contributed by atoms with van der Waals surface area (Å²) in [5, 5.41) is 0. The molecule has 0 fully saturated rings. The van der Waals surface area contributed by atoms with Crippen molar-refractivity contribution in [2.45, 2.75) is 0 Å². The first-order chi connectivity index (χ1) is 8.72. The minimum absolute atomic E-state index is 0.658. The van der Waals surface area contributed by atoms with Gasteiger partial charge in [0, 0.05) is 0 Å². The molecule has 4 heteroatoms. The maximum atomic E-state index is 10.5. The first-order valence-electron chi connectivity index (χ1n) is 5.45. The second-order valence-corrected chi connectivity index (χ2v) is 4.42. The molecule has 0 amide bonds. The van der Waals surface area contributed by atoms with E-state index in [9.17, 15) is 4.57 Å². The molecule has 0 aliphatic rings. The molecule has 2 aromatic rings. The van der Waals surface area contributed by atoms with Crippen LogP contribution in [-0.4, -0.2) is 13.8 Å². The Hall–Kier alpha value is -1.86. The summed E-state index contributed by atoms with van der Waals surface area (Å²) in [4.78, 5) is 0. The Labute approximate surface area is 108 Å². The molecule has 0 saturated heterocycles. The van der Waals surface area contributed by atoms with Crippen LogP contribution in [0.15, 0.2) is 60.7 Å². The Morgan fingerprint density at radius 3 is 1.61 bits per heavy atom. The van der Waals surface area contributed by atoms with Crippen molar-refractivity contribution in [3.8, 4) is 11.5 Å². The van der Waals surface area contributed by atoms with E-state index in [1.54, 1.807) is 19.2 Å². The molecule has 3 nitrogen and oxygen atoms in total. The van der Waals surface area contributed by atoms with Crippen LogP contribution in [0.1, 0.15) is 0 Å². The number of para-hydroxylation sites is 2. The topological polar surface area (TPSA) is 35.5 Å². The van der Waals surface area contributed by atoms with Crippen molar-refractivity contribution in [2.24, 2.45) is 0 Å². The summed E-state index contributed by atoms with van der Waals surface area (Å²) in [6.07, 6.45) is 0. The third-order valence-corrected chi connectivity index (χ3v) is 2.42. The minimum Gasteiger partial charge on any atom is -0.497 e. The van der Waals surface area contributed by atoms with Gasteiger partial charge in [-0.3, -0.25) is 4.52 Å². The van der Waals surface area contributed by atoms with Crippen LogP contribution < -0.4 is 9.26 Å². The first-order valence-corrected chi connectivity index (χ1v) is 7.07. The smallest absolute Gasteiger partial charge is 0.497 e. The van der Waals surface area contributed by atoms with E-state index < -0.39 is 8.03 Å². The Kier molecular flexibility index (Phi) is 6.52. The van der Waals surface area contributed by atoms with Gasteiger partial charge in [0.1, 0.15) is 5.75 Å². The van der Waals surface area contributed by atoms with Crippen LogP contribution in [0.2, 0.25) is 0 Å². The molecule has 94 valence electrons. The molecule has 1 atom stereocenters. The molecule has 2 rings (SSSR count). The lowest BCUT2D eigenvalue weighted by molar-refractivity contribution is 0.415. The number of rotatable bonds is 3. The summed E-state index contributed by atoms with van der Waals surface area (Å²) >= 11 is 0. The van der Waals surface area contributed by atoms with Gasteiger partial charge in [-0.1, -0.05) is 36.4 Å². The highest BCUT2D eigenvalue weighted by Gasteiger charge is 2.06. The standard InChI is InChI=1S/C7H8O2P.C7H8O/c1-10(8)9-7-5-3-2-4-6-7;1-8-7-5-3-2-4-6-7/h2-6H,1H3;2-6H,1H3/q+1;. The molecule has 0 spiro atoms. The predicted octanol–water partition coefficient (Wildman–Crippen LogP) is 4.13. The maximum Gasteiger partial charge on any atom is 0.552 e. The highest BCUT2D eigenvalue weighted by atomic mass is 31.1.